The average Bonchev–Trinajstić information content (AvgIpc) is 3.23. The quantitative estimate of drug-likeness (QED) is 0.0773. The molecule has 374 valence electrons. The van der Waals surface area contributed by atoms with E-state index in [0.29, 0.717) is 0 Å². The molecule has 6 aromatic carbocycles. The molecule has 0 atom stereocenters. The van der Waals surface area contributed by atoms with Crippen LogP contribution >= 0.6 is 0 Å². The molecule has 0 aliphatic rings. The molecule has 0 aromatic heterocycles. The van der Waals surface area contributed by atoms with Gasteiger partial charge in [0, 0.05) is 28.4 Å². The highest BCUT2D eigenvalue weighted by molar-refractivity contribution is 6.39. The van der Waals surface area contributed by atoms with Gasteiger partial charge < -0.3 is 37.9 Å². The molecule has 0 saturated heterocycles. The van der Waals surface area contributed by atoms with Crippen LogP contribution in [-0.4, -0.2) is 102 Å². The fraction of sp³-hybridized carbons (Fsp3) is 0.464. The first-order valence-electron chi connectivity index (χ1n) is 22.8. The van der Waals surface area contributed by atoms with Crippen LogP contribution in [0, 0.1) is 0 Å². The zero-order chi connectivity index (χ0) is 51.7. The van der Waals surface area contributed by atoms with Gasteiger partial charge in [0.05, 0.1) is 6.10 Å². The molecule has 0 spiro atoms. The molecule has 0 bridgehead atoms. The summed E-state index contributed by atoms with van der Waals surface area (Å²) in [5.41, 5.74) is -1.22. The fourth-order valence-electron chi connectivity index (χ4n) is 6.45. The third kappa shape index (κ3) is 22.4. The Balaban J connectivity index is 0.000000466. The standard InChI is InChI=1S/C26H16.3C7H14O3.C6H12O3.C3H8/c1-5-13-21-17(9-1)18-10-2-6-14-22(18)26-24-16-8-4-12-20(24)19-11-3-7-15-23(19)25(21)26;3*1-7(2,3)10-6(8)5-9-4;1-5(2)9-6(7)4-8-3;1-3-2/h1-16H;3*5H2,1-4H3;5H,4H2,1-3H3;3H2,1-2H3. The van der Waals surface area contributed by atoms with Crippen LogP contribution in [0.15, 0.2) is 97.1 Å². The summed E-state index contributed by atoms with van der Waals surface area (Å²) < 4.78 is 37.7. The predicted molar refractivity (Wildman–Crippen MR) is 276 cm³/mol. The Morgan fingerprint density at radius 2 is 0.574 bits per heavy atom. The minimum Gasteiger partial charge on any atom is -0.461 e. The van der Waals surface area contributed by atoms with Crippen LogP contribution in [0.25, 0.3) is 53.9 Å². The minimum atomic E-state index is -0.407. The van der Waals surface area contributed by atoms with E-state index in [0.717, 1.165) is 0 Å². The number of rotatable bonds is 9. The molecule has 0 heterocycles. The van der Waals surface area contributed by atoms with Crippen LogP contribution in [0.2, 0.25) is 0 Å². The van der Waals surface area contributed by atoms with Crippen molar-refractivity contribution in [2.75, 3.05) is 54.9 Å². The molecule has 68 heavy (non-hydrogen) atoms. The molecule has 12 nitrogen and oxygen atoms in total. The van der Waals surface area contributed by atoms with Gasteiger partial charge in [-0.05, 0) is 130 Å². The highest BCUT2D eigenvalue weighted by Gasteiger charge is 2.18. The summed E-state index contributed by atoms with van der Waals surface area (Å²) in [5.74, 6) is -1.28. The first-order valence-corrected chi connectivity index (χ1v) is 22.8. The monoisotopic (exact) mass is 943 g/mol. The summed E-state index contributed by atoms with van der Waals surface area (Å²) in [7, 11) is 5.85. The average molecular weight is 943 g/mol. The lowest BCUT2D eigenvalue weighted by Gasteiger charge is -2.18. The Morgan fingerprint density at radius 1 is 0.382 bits per heavy atom. The Labute approximate surface area is 404 Å². The molecule has 0 fully saturated rings. The van der Waals surface area contributed by atoms with Gasteiger partial charge in [0.2, 0.25) is 0 Å². The highest BCUT2D eigenvalue weighted by Crippen LogP contribution is 2.43. The van der Waals surface area contributed by atoms with E-state index in [2.05, 4.69) is 130 Å². The third-order valence-electron chi connectivity index (χ3n) is 8.29. The van der Waals surface area contributed by atoms with Crippen LogP contribution in [0.4, 0.5) is 0 Å². The minimum absolute atomic E-state index is 0.0251. The van der Waals surface area contributed by atoms with Crippen LogP contribution in [0.1, 0.15) is 96.4 Å². The van der Waals surface area contributed by atoms with E-state index in [1.807, 2.05) is 62.3 Å². The summed E-state index contributed by atoms with van der Waals surface area (Å²) in [6, 6.07) is 35.3. The second kappa shape index (κ2) is 30.0. The number of esters is 4. The van der Waals surface area contributed by atoms with Crippen molar-refractivity contribution < 1.29 is 57.1 Å². The molecule has 0 N–H and O–H groups in total. The van der Waals surface area contributed by atoms with Crippen molar-refractivity contribution in [1.29, 1.82) is 0 Å². The lowest BCUT2D eigenvalue weighted by Crippen LogP contribution is -2.26. The SMILES string of the molecule is CCC.COCC(=O)OC(C)(C)C.COCC(=O)OC(C)(C)C.COCC(=O)OC(C)(C)C.COCC(=O)OC(C)C.c1ccc2c(c1)c1ccccc1c1c3ccccc3c3ccccc3c21. The van der Waals surface area contributed by atoms with Crippen LogP contribution < -0.4 is 0 Å². The van der Waals surface area contributed by atoms with Gasteiger partial charge in [0.15, 0.2) is 0 Å². The molecule has 12 heteroatoms. The number of carbonyl (C=O) groups is 4. The maximum absolute atomic E-state index is 10.7. The van der Waals surface area contributed by atoms with Crippen molar-refractivity contribution >= 4 is 77.7 Å². The molecule has 0 aliphatic heterocycles. The lowest BCUT2D eigenvalue weighted by atomic mass is 9.87. The van der Waals surface area contributed by atoms with E-state index < -0.39 is 16.8 Å². The number of ether oxygens (including phenoxy) is 8. The summed E-state index contributed by atoms with van der Waals surface area (Å²) in [6.45, 7) is 24.3. The highest BCUT2D eigenvalue weighted by atomic mass is 16.6. The Morgan fingerprint density at radius 3 is 0.750 bits per heavy atom. The van der Waals surface area contributed by atoms with E-state index >= 15 is 0 Å². The van der Waals surface area contributed by atoms with Gasteiger partial charge in [-0.3, -0.25) is 0 Å². The number of hydrogen-bond donors (Lipinski definition) is 0. The van der Waals surface area contributed by atoms with E-state index in [1.54, 1.807) is 13.8 Å². The van der Waals surface area contributed by atoms with E-state index in [9.17, 15) is 19.2 Å². The second-order valence-corrected chi connectivity index (χ2v) is 18.7. The summed E-state index contributed by atoms with van der Waals surface area (Å²) >= 11 is 0. The van der Waals surface area contributed by atoms with Gasteiger partial charge in [-0.1, -0.05) is 117 Å². The molecule has 6 rings (SSSR count). The third-order valence-corrected chi connectivity index (χ3v) is 8.29. The van der Waals surface area contributed by atoms with Crippen molar-refractivity contribution in [2.24, 2.45) is 0 Å². The van der Waals surface area contributed by atoms with Crippen molar-refractivity contribution in [3.05, 3.63) is 97.1 Å². The summed E-state index contributed by atoms with van der Waals surface area (Å²) in [4.78, 5) is 42.6. The van der Waals surface area contributed by atoms with Crippen LogP contribution in [0.3, 0.4) is 0 Å². The van der Waals surface area contributed by atoms with E-state index in [4.69, 9.17) is 18.9 Å². The number of carbonyl (C=O) groups excluding carboxylic acids is 4. The largest absolute Gasteiger partial charge is 0.461 e. The van der Waals surface area contributed by atoms with Gasteiger partial charge in [-0.25, -0.2) is 19.2 Å². The molecule has 0 aliphatic carbocycles. The smallest absolute Gasteiger partial charge is 0.332 e. The van der Waals surface area contributed by atoms with Gasteiger partial charge in [0.25, 0.3) is 0 Å². The zero-order valence-corrected chi connectivity index (χ0v) is 43.7. The second-order valence-electron chi connectivity index (χ2n) is 18.7. The maximum atomic E-state index is 10.7. The molecular formula is C56H78O12. The van der Waals surface area contributed by atoms with Crippen molar-refractivity contribution in [1.82, 2.24) is 0 Å². The number of hydrogen-bond acceptors (Lipinski definition) is 12. The van der Waals surface area contributed by atoms with Crippen molar-refractivity contribution in [3.63, 3.8) is 0 Å². The van der Waals surface area contributed by atoms with Crippen molar-refractivity contribution in [3.8, 4) is 0 Å². The number of benzene rings is 6. The van der Waals surface area contributed by atoms with E-state index in [1.165, 1.54) is 88.7 Å². The Kier molecular flexibility index (Phi) is 26.6. The first-order chi connectivity index (χ1) is 31.9. The van der Waals surface area contributed by atoms with Gasteiger partial charge in [0.1, 0.15) is 43.2 Å². The first kappa shape index (κ1) is 60.4. The van der Waals surface area contributed by atoms with E-state index in [-0.39, 0.29) is 56.4 Å². The summed E-state index contributed by atoms with van der Waals surface area (Å²) in [5, 5.41) is 13.4. The Bertz CT molecular complexity index is 2170. The Hall–Kier alpha value is -5.66. The van der Waals surface area contributed by atoms with Crippen LogP contribution in [0.5, 0.6) is 0 Å². The summed E-state index contributed by atoms with van der Waals surface area (Å²) in [6.07, 6.45) is 1.20. The fourth-order valence-corrected chi connectivity index (χ4v) is 6.45. The van der Waals surface area contributed by atoms with Gasteiger partial charge in [-0.2, -0.15) is 0 Å². The molecule has 6 aromatic rings. The zero-order valence-electron chi connectivity index (χ0n) is 43.7. The molecule has 0 saturated carbocycles. The maximum Gasteiger partial charge on any atom is 0.332 e. The predicted octanol–water partition coefficient (Wildman–Crippen LogP) is 12.4. The lowest BCUT2D eigenvalue weighted by molar-refractivity contribution is -0.160. The molecule has 0 amide bonds. The molecular weight excluding hydrogens is 865 g/mol. The normalized spacial score (nSPS) is 11.0. The number of methoxy groups -OCH3 is 4. The van der Waals surface area contributed by atoms with Crippen LogP contribution in [-0.2, 0) is 57.1 Å². The molecule has 0 radical (unpaired) electrons. The number of fused-ring (bicyclic) bond motifs is 11. The van der Waals surface area contributed by atoms with Gasteiger partial charge >= 0.3 is 23.9 Å². The topological polar surface area (TPSA) is 142 Å². The van der Waals surface area contributed by atoms with Crippen molar-refractivity contribution in [2.45, 2.75) is 119 Å². The van der Waals surface area contributed by atoms with Gasteiger partial charge in [-0.15, -0.1) is 0 Å². The molecule has 0 unspecified atom stereocenters.